The monoisotopic (exact) mass is 308 g/mol. The third kappa shape index (κ3) is 4.68. The molecule has 0 unspecified atom stereocenters. The molecule has 0 bridgehead atoms. The van der Waals surface area contributed by atoms with E-state index in [1.807, 2.05) is 17.5 Å². The van der Waals surface area contributed by atoms with Crippen LogP contribution in [0.3, 0.4) is 0 Å². The molecule has 2 rings (SSSR count). The van der Waals surface area contributed by atoms with Crippen molar-refractivity contribution in [2.75, 3.05) is 6.54 Å². The van der Waals surface area contributed by atoms with Crippen molar-refractivity contribution < 1.29 is 14.3 Å². The predicted molar refractivity (Wildman–Crippen MR) is 82.2 cm³/mol. The largest absolute Gasteiger partial charge is 0.481 e. The molecule has 0 radical (unpaired) electrons. The Labute approximate surface area is 128 Å². The first kappa shape index (κ1) is 15.7. The number of rotatable bonds is 8. The van der Waals surface area contributed by atoms with Crippen molar-refractivity contribution in [1.82, 2.24) is 9.88 Å². The summed E-state index contributed by atoms with van der Waals surface area (Å²) in [5, 5.41) is 11.6. The molecular formula is C15H20N2O3S. The Morgan fingerprint density at radius 2 is 2.33 bits per heavy atom. The van der Waals surface area contributed by atoms with Crippen LogP contribution in [0.15, 0.2) is 28.2 Å². The van der Waals surface area contributed by atoms with Gasteiger partial charge in [-0.2, -0.15) is 0 Å². The minimum absolute atomic E-state index is 0.206. The van der Waals surface area contributed by atoms with Gasteiger partial charge in [-0.25, -0.2) is 4.98 Å². The third-order valence-corrected chi connectivity index (χ3v) is 4.12. The smallest absolute Gasteiger partial charge is 0.303 e. The van der Waals surface area contributed by atoms with Crippen LogP contribution < -0.4 is 0 Å². The summed E-state index contributed by atoms with van der Waals surface area (Å²) >= 11 is 1.56. The Morgan fingerprint density at radius 3 is 2.95 bits per heavy atom. The number of nitrogens with zero attached hydrogens (tertiary/aromatic N) is 2. The summed E-state index contributed by atoms with van der Waals surface area (Å²) in [6.45, 7) is 5.72. The first-order valence-corrected chi connectivity index (χ1v) is 7.88. The van der Waals surface area contributed by atoms with Crippen LogP contribution in [0, 0.1) is 0 Å². The lowest BCUT2D eigenvalue weighted by Crippen LogP contribution is -2.31. The molecule has 0 saturated carbocycles. The summed E-state index contributed by atoms with van der Waals surface area (Å²) in [7, 11) is 0. The SMILES string of the molecule is CC(C)N(CCCC(=O)O)Cc1csc(-c2ccco2)n1. The number of carbonyl (C=O) groups is 1. The van der Waals surface area contributed by atoms with E-state index in [4.69, 9.17) is 9.52 Å². The normalized spacial score (nSPS) is 11.4. The van der Waals surface area contributed by atoms with E-state index in [9.17, 15) is 4.79 Å². The number of aromatic nitrogens is 1. The molecule has 0 aromatic carbocycles. The molecule has 2 aromatic heterocycles. The van der Waals surface area contributed by atoms with Crippen LogP contribution >= 0.6 is 11.3 Å². The quantitative estimate of drug-likeness (QED) is 0.808. The van der Waals surface area contributed by atoms with Crippen LogP contribution in [0.2, 0.25) is 0 Å². The van der Waals surface area contributed by atoms with Gasteiger partial charge in [0.2, 0.25) is 0 Å². The standard InChI is InChI=1S/C15H20N2O3S/c1-11(2)17(7-3-6-14(18)19)9-12-10-21-15(16-12)13-5-4-8-20-13/h4-5,8,10-11H,3,6-7,9H2,1-2H3,(H,18,19). The van der Waals surface area contributed by atoms with E-state index in [0.717, 1.165) is 29.6 Å². The molecule has 2 heterocycles. The van der Waals surface area contributed by atoms with Gasteiger partial charge in [-0.05, 0) is 38.9 Å². The second kappa shape index (κ2) is 7.38. The maximum Gasteiger partial charge on any atom is 0.303 e. The van der Waals surface area contributed by atoms with Crippen LogP contribution in [0.25, 0.3) is 10.8 Å². The van der Waals surface area contributed by atoms with Gasteiger partial charge in [-0.3, -0.25) is 9.69 Å². The Hall–Kier alpha value is -1.66. The molecule has 0 saturated heterocycles. The molecule has 21 heavy (non-hydrogen) atoms. The van der Waals surface area contributed by atoms with Crippen LogP contribution in [0.4, 0.5) is 0 Å². The van der Waals surface area contributed by atoms with E-state index in [0.29, 0.717) is 12.5 Å². The maximum atomic E-state index is 10.6. The molecule has 0 amide bonds. The molecule has 1 N–H and O–H groups in total. The second-order valence-electron chi connectivity index (χ2n) is 5.18. The van der Waals surface area contributed by atoms with Gasteiger partial charge in [0, 0.05) is 24.4 Å². The highest BCUT2D eigenvalue weighted by Crippen LogP contribution is 2.24. The molecule has 6 heteroatoms. The van der Waals surface area contributed by atoms with Crippen molar-refractivity contribution in [2.24, 2.45) is 0 Å². The second-order valence-corrected chi connectivity index (χ2v) is 6.04. The van der Waals surface area contributed by atoms with Crippen LogP contribution in [0.1, 0.15) is 32.4 Å². The van der Waals surface area contributed by atoms with Gasteiger partial charge in [0.15, 0.2) is 10.8 Å². The lowest BCUT2D eigenvalue weighted by molar-refractivity contribution is -0.137. The van der Waals surface area contributed by atoms with Crippen LogP contribution in [0.5, 0.6) is 0 Å². The zero-order valence-electron chi connectivity index (χ0n) is 12.3. The van der Waals surface area contributed by atoms with Crippen molar-refractivity contribution in [3.63, 3.8) is 0 Å². The van der Waals surface area contributed by atoms with Crippen LogP contribution in [-0.4, -0.2) is 33.5 Å². The molecule has 5 nitrogen and oxygen atoms in total. The predicted octanol–water partition coefficient (Wildman–Crippen LogP) is 3.48. The zero-order valence-corrected chi connectivity index (χ0v) is 13.1. The van der Waals surface area contributed by atoms with Crippen LogP contribution in [-0.2, 0) is 11.3 Å². The molecule has 2 aromatic rings. The van der Waals surface area contributed by atoms with Gasteiger partial charge in [-0.15, -0.1) is 11.3 Å². The number of carboxylic acids is 1. The topological polar surface area (TPSA) is 66.6 Å². The van der Waals surface area contributed by atoms with Crippen molar-refractivity contribution in [3.8, 4) is 10.8 Å². The maximum absolute atomic E-state index is 10.6. The number of thiazole rings is 1. The number of hydrogen-bond acceptors (Lipinski definition) is 5. The van der Waals surface area contributed by atoms with Crippen molar-refractivity contribution >= 4 is 17.3 Å². The summed E-state index contributed by atoms with van der Waals surface area (Å²) in [5.74, 6) is 0.0423. The minimum Gasteiger partial charge on any atom is -0.481 e. The molecule has 114 valence electrons. The van der Waals surface area contributed by atoms with Gasteiger partial charge in [0.25, 0.3) is 0 Å². The molecule has 0 aliphatic carbocycles. The fourth-order valence-corrected chi connectivity index (χ4v) is 2.83. The van der Waals surface area contributed by atoms with E-state index in [1.54, 1.807) is 17.6 Å². The molecule has 0 aliphatic rings. The number of furan rings is 1. The Morgan fingerprint density at radius 1 is 1.52 bits per heavy atom. The fourth-order valence-electron chi connectivity index (χ4n) is 2.05. The molecular weight excluding hydrogens is 288 g/mol. The van der Waals surface area contributed by atoms with Crippen molar-refractivity contribution in [2.45, 2.75) is 39.3 Å². The van der Waals surface area contributed by atoms with Gasteiger partial charge in [0.05, 0.1) is 12.0 Å². The molecule has 0 aliphatic heterocycles. The van der Waals surface area contributed by atoms with Gasteiger partial charge >= 0.3 is 5.97 Å². The van der Waals surface area contributed by atoms with E-state index < -0.39 is 5.97 Å². The number of aliphatic carboxylic acids is 1. The van der Waals surface area contributed by atoms with E-state index in [2.05, 4.69) is 23.7 Å². The summed E-state index contributed by atoms with van der Waals surface area (Å²) in [6, 6.07) is 4.10. The fraction of sp³-hybridized carbons (Fsp3) is 0.467. The van der Waals surface area contributed by atoms with E-state index in [-0.39, 0.29) is 6.42 Å². The van der Waals surface area contributed by atoms with Crippen molar-refractivity contribution in [3.05, 3.63) is 29.5 Å². The summed E-state index contributed by atoms with van der Waals surface area (Å²) < 4.78 is 5.35. The number of hydrogen-bond donors (Lipinski definition) is 1. The highest BCUT2D eigenvalue weighted by atomic mass is 32.1. The Balaban J connectivity index is 1.95. The zero-order chi connectivity index (χ0) is 15.2. The van der Waals surface area contributed by atoms with Gasteiger partial charge < -0.3 is 9.52 Å². The molecule has 0 spiro atoms. The lowest BCUT2D eigenvalue weighted by Gasteiger charge is -2.25. The average Bonchev–Trinajstić information content (AvgIpc) is 3.07. The minimum atomic E-state index is -0.743. The Bertz CT molecular complexity index is 563. The van der Waals surface area contributed by atoms with Gasteiger partial charge in [-0.1, -0.05) is 0 Å². The van der Waals surface area contributed by atoms with E-state index >= 15 is 0 Å². The van der Waals surface area contributed by atoms with Gasteiger partial charge in [0.1, 0.15) is 0 Å². The number of carboxylic acid groups (broad SMARTS) is 1. The Kier molecular flexibility index (Phi) is 5.52. The molecule has 0 atom stereocenters. The van der Waals surface area contributed by atoms with Crippen molar-refractivity contribution in [1.29, 1.82) is 0 Å². The highest BCUT2D eigenvalue weighted by Gasteiger charge is 2.14. The third-order valence-electron chi connectivity index (χ3n) is 3.22. The first-order chi connectivity index (χ1) is 10.1. The lowest BCUT2D eigenvalue weighted by atomic mass is 10.2. The molecule has 0 fully saturated rings. The summed E-state index contributed by atoms with van der Waals surface area (Å²) in [4.78, 5) is 17.4. The highest BCUT2D eigenvalue weighted by molar-refractivity contribution is 7.13. The summed E-state index contributed by atoms with van der Waals surface area (Å²) in [6.07, 6.45) is 2.50. The van der Waals surface area contributed by atoms with E-state index in [1.165, 1.54) is 0 Å². The first-order valence-electron chi connectivity index (χ1n) is 7.00. The summed E-state index contributed by atoms with van der Waals surface area (Å²) in [5.41, 5.74) is 0.996. The average molecular weight is 308 g/mol.